The van der Waals surface area contributed by atoms with E-state index in [1.807, 2.05) is 42.5 Å². The number of hydrogen-bond acceptors (Lipinski definition) is 4. The van der Waals surface area contributed by atoms with Gasteiger partial charge in [0.05, 0.1) is 23.9 Å². The van der Waals surface area contributed by atoms with Crippen LogP contribution in [0.3, 0.4) is 0 Å². The van der Waals surface area contributed by atoms with Crippen molar-refractivity contribution >= 4 is 28.5 Å². The van der Waals surface area contributed by atoms with Crippen molar-refractivity contribution in [2.75, 3.05) is 20.7 Å². The summed E-state index contributed by atoms with van der Waals surface area (Å²) >= 11 is 0. The number of carboxylic acid groups (broad SMARTS) is 1. The lowest BCUT2D eigenvalue weighted by Crippen LogP contribution is -2.25. The van der Waals surface area contributed by atoms with Crippen molar-refractivity contribution in [1.29, 1.82) is 0 Å². The molecule has 0 aliphatic carbocycles. The Morgan fingerprint density at radius 1 is 1.03 bits per heavy atom. The van der Waals surface area contributed by atoms with Gasteiger partial charge in [-0.3, -0.25) is 0 Å². The second-order valence-corrected chi connectivity index (χ2v) is 7.30. The number of para-hydroxylation sites is 1. The Kier molecular flexibility index (Phi) is 5.49. The van der Waals surface area contributed by atoms with E-state index in [4.69, 9.17) is 9.47 Å². The number of hydrogen-bond donors (Lipinski definition) is 1. The maximum atomic E-state index is 12.1. The molecule has 0 saturated heterocycles. The Bertz CT molecular complexity index is 1260. The highest BCUT2D eigenvalue weighted by Crippen LogP contribution is 2.36. The number of benzene rings is 2. The summed E-state index contributed by atoms with van der Waals surface area (Å²) in [5.74, 6) is -0.447. The average Bonchev–Trinajstić information content (AvgIpc) is 3.09. The number of ether oxygens (including phenoxy) is 2. The Balaban J connectivity index is 1.82. The molecule has 2 heterocycles. The van der Waals surface area contributed by atoms with Gasteiger partial charge in [0.1, 0.15) is 11.3 Å². The van der Waals surface area contributed by atoms with Crippen molar-refractivity contribution in [2.45, 2.75) is 6.42 Å². The largest absolute Gasteiger partial charge is 0.491 e. The Morgan fingerprint density at radius 3 is 2.45 bits per heavy atom. The number of rotatable bonds is 6. The molecule has 0 fully saturated rings. The molecule has 0 spiro atoms. The smallest absolute Gasteiger partial charge is 0.414 e. The highest BCUT2D eigenvalue weighted by Gasteiger charge is 2.23. The molecule has 0 saturated carbocycles. The second-order valence-electron chi connectivity index (χ2n) is 7.30. The van der Waals surface area contributed by atoms with Crippen LogP contribution < -0.4 is 9.47 Å². The van der Waals surface area contributed by atoms with Gasteiger partial charge in [-0.05, 0) is 11.6 Å². The van der Waals surface area contributed by atoms with Crippen molar-refractivity contribution in [1.82, 2.24) is 9.30 Å². The third-order valence-electron chi connectivity index (χ3n) is 4.95. The molecule has 7 heteroatoms. The first-order valence-corrected chi connectivity index (χ1v) is 9.81. The highest BCUT2D eigenvalue weighted by atomic mass is 16.6. The standard InChI is InChI=1S/C24H22N2O5/c1-25(2)24(29)31-17-14-20(30-13-12-16-8-4-3-5-9-16)22-21(23(27)28)18-10-6-7-11-19(18)26(22)15-17/h3-11,14-15H,12-13H2,1-2H3,(H,27,28). The number of aromatic nitrogens is 1. The van der Waals surface area contributed by atoms with Gasteiger partial charge >= 0.3 is 12.1 Å². The van der Waals surface area contributed by atoms with Crippen LogP contribution in [0.25, 0.3) is 16.4 Å². The average molecular weight is 418 g/mol. The minimum absolute atomic E-state index is 0.149. The fourth-order valence-corrected chi connectivity index (χ4v) is 3.50. The molecule has 7 nitrogen and oxygen atoms in total. The predicted molar refractivity (Wildman–Crippen MR) is 117 cm³/mol. The van der Waals surface area contributed by atoms with Crippen LogP contribution >= 0.6 is 0 Å². The number of carbonyl (C=O) groups excluding carboxylic acids is 1. The SMILES string of the molecule is CN(C)C(=O)Oc1cc(OCCc2ccccc2)c2c(C(=O)O)c3ccccc3n2c1. The minimum atomic E-state index is -1.05. The first-order chi connectivity index (χ1) is 15.0. The molecule has 0 atom stereocenters. The maximum absolute atomic E-state index is 12.1. The van der Waals surface area contributed by atoms with E-state index in [9.17, 15) is 14.7 Å². The van der Waals surface area contributed by atoms with E-state index in [0.29, 0.717) is 35.2 Å². The van der Waals surface area contributed by atoms with Crippen LogP contribution in [0.4, 0.5) is 4.79 Å². The monoisotopic (exact) mass is 418 g/mol. The van der Waals surface area contributed by atoms with Crippen molar-refractivity contribution < 1.29 is 24.2 Å². The summed E-state index contributed by atoms with van der Waals surface area (Å²) in [5.41, 5.74) is 2.36. The number of aromatic carboxylic acids is 1. The molecule has 0 aliphatic rings. The number of pyridine rings is 1. The number of amides is 1. The molecular formula is C24H22N2O5. The molecule has 4 aromatic rings. The molecule has 0 aliphatic heterocycles. The van der Waals surface area contributed by atoms with Crippen LogP contribution in [0.1, 0.15) is 15.9 Å². The van der Waals surface area contributed by atoms with Gasteiger partial charge in [0.2, 0.25) is 0 Å². The summed E-state index contributed by atoms with van der Waals surface area (Å²) in [7, 11) is 3.18. The van der Waals surface area contributed by atoms with Crippen LogP contribution in [0.2, 0.25) is 0 Å². The first kappa shape index (κ1) is 20.3. The topological polar surface area (TPSA) is 80.5 Å². The van der Waals surface area contributed by atoms with Gasteiger partial charge in [-0.15, -0.1) is 0 Å². The fourth-order valence-electron chi connectivity index (χ4n) is 3.50. The van der Waals surface area contributed by atoms with Crippen molar-refractivity contribution in [2.24, 2.45) is 0 Å². The van der Waals surface area contributed by atoms with Gasteiger partial charge in [-0.1, -0.05) is 48.5 Å². The van der Waals surface area contributed by atoms with Gasteiger partial charge in [0.15, 0.2) is 5.75 Å². The van der Waals surface area contributed by atoms with E-state index < -0.39 is 12.1 Å². The molecule has 1 amide bonds. The highest BCUT2D eigenvalue weighted by molar-refractivity contribution is 6.12. The Hall–Kier alpha value is -4.00. The van der Waals surface area contributed by atoms with E-state index in [0.717, 1.165) is 5.56 Å². The van der Waals surface area contributed by atoms with Gasteiger partial charge in [-0.2, -0.15) is 0 Å². The third kappa shape index (κ3) is 4.02. The van der Waals surface area contributed by atoms with Gasteiger partial charge in [0, 0.05) is 32.0 Å². The van der Waals surface area contributed by atoms with Crippen molar-refractivity contribution in [3.05, 3.63) is 78.0 Å². The van der Waals surface area contributed by atoms with Gasteiger partial charge in [-0.25, -0.2) is 9.59 Å². The van der Waals surface area contributed by atoms with Crippen LogP contribution in [0.5, 0.6) is 11.5 Å². The molecule has 0 bridgehead atoms. The van der Waals surface area contributed by atoms with Crippen molar-refractivity contribution in [3.8, 4) is 11.5 Å². The van der Waals surface area contributed by atoms with E-state index in [1.165, 1.54) is 4.90 Å². The normalized spacial score (nSPS) is 10.9. The molecule has 2 aromatic carbocycles. The van der Waals surface area contributed by atoms with Crippen molar-refractivity contribution in [3.63, 3.8) is 0 Å². The van der Waals surface area contributed by atoms with E-state index >= 15 is 0 Å². The zero-order valence-corrected chi connectivity index (χ0v) is 17.2. The molecular weight excluding hydrogens is 396 g/mol. The third-order valence-corrected chi connectivity index (χ3v) is 4.95. The zero-order valence-electron chi connectivity index (χ0n) is 17.2. The number of nitrogens with zero attached hydrogens (tertiary/aromatic N) is 2. The number of carbonyl (C=O) groups is 2. The molecule has 0 unspecified atom stereocenters. The quantitative estimate of drug-likeness (QED) is 0.500. The molecule has 1 N–H and O–H groups in total. The minimum Gasteiger partial charge on any atom is -0.491 e. The Labute approximate surface area is 179 Å². The number of fused-ring (bicyclic) bond motifs is 3. The molecule has 158 valence electrons. The van der Waals surface area contributed by atoms with Crippen LogP contribution in [-0.2, 0) is 6.42 Å². The van der Waals surface area contributed by atoms with E-state index in [2.05, 4.69) is 0 Å². The molecule has 4 rings (SSSR count). The summed E-state index contributed by atoms with van der Waals surface area (Å²) in [5, 5.41) is 10.5. The summed E-state index contributed by atoms with van der Waals surface area (Å²) < 4.78 is 13.2. The van der Waals surface area contributed by atoms with Crippen LogP contribution in [-0.4, -0.2) is 47.2 Å². The fraction of sp³-hybridized carbons (Fsp3) is 0.167. The first-order valence-electron chi connectivity index (χ1n) is 9.81. The van der Waals surface area contributed by atoms with Crippen LogP contribution in [0.15, 0.2) is 66.9 Å². The summed E-state index contributed by atoms with van der Waals surface area (Å²) in [6, 6.07) is 18.6. The lowest BCUT2D eigenvalue weighted by molar-refractivity contribution is 0.0700. The van der Waals surface area contributed by atoms with Crippen LogP contribution in [0, 0.1) is 0 Å². The zero-order chi connectivity index (χ0) is 22.0. The molecule has 2 aromatic heterocycles. The molecule has 0 radical (unpaired) electrons. The van der Waals surface area contributed by atoms with E-state index in [1.54, 1.807) is 42.9 Å². The number of carboxylic acids is 1. The van der Waals surface area contributed by atoms with Gasteiger partial charge < -0.3 is 23.9 Å². The predicted octanol–water partition coefficient (Wildman–Crippen LogP) is 4.47. The van der Waals surface area contributed by atoms with Gasteiger partial charge in [0.25, 0.3) is 0 Å². The maximum Gasteiger partial charge on any atom is 0.414 e. The lowest BCUT2D eigenvalue weighted by atomic mass is 10.1. The lowest BCUT2D eigenvalue weighted by Gasteiger charge is -2.14. The second kappa shape index (κ2) is 8.39. The summed E-state index contributed by atoms with van der Waals surface area (Å²) in [4.78, 5) is 25.5. The Morgan fingerprint density at radius 2 is 1.74 bits per heavy atom. The van der Waals surface area contributed by atoms with E-state index in [-0.39, 0.29) is 11.3 Å². The summed E-state index contributed by atoms with van der Waals surface area (Å²) in [6.45, 7) is 0.339. The summed E-state index contributed by atoms with van der Waals surface area (Å²) in [6.07, 6.45) is 1.72. The molecule has 31 heavy (non-hydrogen) atoms.